The van der Waals surface area contributed by atoms with Crippen molar-refractivity contribution < 1.29 is 8.42 Å². The standard InChI is InChI=1S/C13H16ClN3O2S/c1-11-3-5-12(6-4-11)16(2)20(18,19)13-9-15-17(10-13)8-7-14/h3-6,9-10H,7-8H2,1-2H3. The van der Waals surface area contributed by atoms with Gasteiger partial charge in [0.1, 0.15) is 4.90 Å². The van der Waals surface area contributed by atoms with Gasteiger partial charge in [0.2, 0.25) is 0 Å². The van der Waals surface area contributed by atoms with Gasteiger partial charge >= 0.3 is 0 Å². The lowest BCUT2D eigenvalue weighted by Gasteiger charge is -2.18. The summed E-state index contributed by atoms with van der Waals surface area (Å²) in [5.74, 6) is 0.384. The van der Waals surface area contributed by atoms with E-state index in [0.717, 1.165) is 5.56 Å². The van der Waals surface area contributed by atoms with Gasteiger partial charge in [0.05, 0.1) is 18.4 Å². The Hall–Kier alpha value is -1.53. The molecule has 0 aliphatic carbocycles. The minimum atomic E-state index is -3.60. The maximum atomic E-state index is 12.5. The lowest BCUT2D eigenvalue weighted by Crippen LogP contribution is -2.26. The lowest BCUT2D eigenvalue weighted by atomic mass is 10.2. The second-order valence-electron chi connectivity index (χ2n) is 4.44. The van der Waals surface area contributed by atoms with E-state index in [0.29, 0.717) is 18.1 Å². The molecule has 0 saturated heterocycles. The number of aryl methyl sites for hydroxylation is 2. The molecule has 0 atom stereocenters. The first-order valence-corrected chi connectivity index (χ1v) is 8.06. The number of sulfonamides is 1. The van der Waals surface area contributed by atoms with E-state index in [-0.39, 0.29) is 4.90 Å². The van der Waals surface area contributed by atoms with Crippen LogP contribution in [0.2, 0.25) is 0 Å². The summed E-state index contributed by atoms with van der Waals surface area (Å²) in [6.07, 6.45) is 2.83. The van der Waals surface area contributed by atoms with Crippen molar-refractivity contribution in [2.24, 2.45) is 0 Å². The molecule has 1 aromatic heterocycles. The molecule has 0 saturated carbocycles. The fourth-order valence-electron chi connectivity index (χ4n) is 1.74. The van der Waals surface area contributed by atoms with E-state index in [2.05, 4.69) is 5.10 Å². The average molecular weight is 314 g/mol. The van der Waals surface area contributed by atoms with Gasteiger partial charge in [0.25, 0.3) is 10.0 Å². The van der Waals surface area contributed by atoms with E-state index < -0.39 is 10.0 Å². The van der Waals surface area contributed by atoms with E-state index in [4.69, 9.17) is 11.6 Å². The minimum Gasteiger partial charge on any atom is -0.270 e. The highest BCUT2D eigenvalue weighted by atomic mass is 35.5. The average Bonchev–Trinajstić information content (AvgIpc) is 2.88. The maximum Gasteiger partial charge on any atom is 0.267 e. The largest absolute Gasteiger partial charge is 0.270 e. The van der Waals surface area contributed by atoms with Crippen LogP contribution in [0.1, 0.15) is 5.56 Å². The second kappa shape index (κ2) is 5.85. The number of halogens is 1. The zero-order valence-corrected chi connectivity index (χ0v) is 12.9. The Balaban J connectivity index is 2.30. The van der Waals surface area contributed by atoms with Gasteiger partial charge in [-0.05, 0) is 19.1 Å². The third-order valence-corrected chi connectivity index (χ3v) is 4.89. The molecule has 5 nitrogen and oxygen atoms in total. The SMILES string of the molecule is Cc1ccc(N(C)S(=O)(=O)c2cnn(CCCl)c2)cc1. The maximum absolute atomic E-state index is 12.5. The van der Waals surface area contributed by atoms with Gasteiger partial charge in [-0.2, -0.15) is 5.10 Å². The number of benzene rings is 1. The predicted octanol–water partition coefficient (Wildman–Crippen LogP) is 2.26. The van der Waals surface area contributed by atoms with E-state index in [9.17, 15) is 8.42 Å². The molecule has 108 valence electrons. The van der Waals surface area contributed by atoms with Crippen LogP contribution in [0, 0.1) is 6.92 Å². The second-order valence-corrected chi connectivity index (χ2v) is 6.78. The summed E-state index contributed by atoms with van der Waals surface area (Å²) in [5, 5.41) is 3.99. The van der Waals surface area contributed by atoms with Crippen molar-refractivity contribution in [3.63, 3.8) is 0 Å². The molecule has 0 unspecified atom stereocenters. The minimum absolute atomic E-state index is 0.158. The zero-order chi connectivity index (χ0) is 14.8. The number of nitrogens with zero attached hydrogens (tertiary/aromatic N) is 3. The van der Waals surface area contributed by atoms with Gasteiger partial charge in [0, 0.05) is 19.1 Å². The van der Waals surface area contributed by atoms with Crippen LogP contribution in [-0.2, 0) is 16.6 Å². The molecule has 0 aliphatic heterocycles. The third-order valence-electron chi connectivity index (χ3n) is 2.98. The fourth-order valence-corrected chi connectivity index (χ4v) is 3.06. The Bertz CT molecular complexity index is 680. The molecule has 1 aromatic carbocycles. The summed E-state index contributed by atoms with van der Waals surface area (Å²) in [7, 11) is -2.07. The highest BCUT2D eigenvalue weighted by Gasteiger charge is 2.22. The summed E-state index contributed by atoms with van der Waals surface area (Å²) in [4.78, 5) is 0.158. The van der Waals surface area contributed by atoms with Gasteiger partial charge in [-0.15, -0.1) is 11.6 Å². The first-order chi connectivity index (χ1) is 9.45. The molecule has 0 bridgehead atoms. The molecular weight excluding hydrogens is 298 g/mol. The predicted molar refractivity (Wildman–Crippen MR) is 79.7 cm³/mol. The van der Waals surface area contributed by atoms with Crippen molar-refractivity contribution >= 4 is 27.3 Å². The van der Waals surface area contributed by atoms with Crippen molar-refractivity contribution in [3.05, 3.63) is 42.2 Å². The highest BCUT2D eigenvalue weighted by Crippen LogP contribution is 2.21. The Morgan fingerprint density at radius 1 is 1.30 bits per heavy atom. The fraction of sp³-hybridized carbons (Fsp3) is 0.308. The van der Waals surface area contributed by atoms with E-state index in [1.165, 1.54) is 28.4 Å². The van der Waals surface area contributed by atoms with Gasteiger partial charge < -0.3 is 0 Å². The number of rotatable bonds is 5. The van der Waals surface area contributed by atoms with Gasteiger partial charge in [-0.1, -0.05) is 17.7 Å². The third kappa shape index (κ3) is 2.96. The Morgan fingerprint density at radius 2 is 1.95 bits per heavy atom. The Kier molecular flexibility index (Phi) is 4.35. The van der Waals surface area contributed by atoms with Crippen molar-refractivity contribution in [3.8, 4) is 0 Å². The van der Waals surface area contributed by atoms with Crippen LogP contribution in [0.25, 0.3) is 0 Å². The van der Waals surface area contributed by atoms with Crippen molar-refractivity contribution in [1.29, 1.82) is 0 Å². The highest BCUT2D eigenvalue weighted by molar-refractivity contribution is 7.92. The van der Waals surface area contributed by atoms with Crippen molar-refractivity contribution in [2.75, 3.05) is 17.2 Å². The molecule has 0 amide bonds. The molecular formula is C13H16ClN3O2S. The zero-order valence-electron chi connectivity index (χ0n) is 11.3. The Morgan fingerprint density at radius 3 is 2.55 bits per heavy atom. The van der Waals surface area contributed by atoms with E-state index in [1.54, 1.807) is 12.1 Å². The normalized spacial score (nSPS) is 11.6. The molecule has 2 rings (SSSR count). The number of hydrogen-bond acceptors (Lipinski definition) is 3. The summed E-state index contributed by atoms with van der Waals surface area (Å²) < 4.78 is 27.7. The van der Waals surface area contributed by atoms with E-state index >= 15 is 0 Å². The molecule has 7 heteroatoms. The summed E-state index contributed by atoms with van der Waals surface area (Å²) in [6, 6.07) is 7.29. The molecule has 0 aliphatic rings. The first-order valence-electron chi connectivity index (χ1n) is 6.09. The Labute approximate surface area is 123 Å². The van der Waals surface area contributed by atoms with Gasteiger partial charge in [-0.3, -0.25) is 8.99 Å². The van der Waals surface area contributed by atoms with E-state index in [1.807, 2.05) is 19.1 Å². The lowest BCUT2D eigenvalue weighted by molar-refractivity contribution is 0.594. The summed E-state index contributed by atoms with van der Waals surface area (Å²) in [6.45, 7) is 2.43. The van der Waals surface area contributed by atoms with Gasteiger partial charge in [0.15, 0.2) is 0 Å². The van der Waals surface area contributed by atoms with Crippen LogP contribution in [0.3, 0.4) is 0 Å². The summed E-state index contributed by atoms with van der Waals surface area (Å²) in [5.41, 5.74) is 1.69. The monoisotopic (exact) mass is 313 g/mol. The first kappa shape index (κ1) is 14.9. The molecule has 1 heterocycles. The number of hydrogen-bond donors (Lipinski definition) is 0. The van der Waals surface area contributed by atoms with Crippen molar-refractivity contribution in [2.45, 2.75) is 18.4 Å². The van der Waals surface area contributed by atoms with Crippen LogP contribution in [0.4, 0.5) is 5.69 Å². The summed E-state index contributed by atoms with van der Waals surface area (Å²) >= 11 is 5.61. The smallest absolute Gasteiger partial charge is 0.267 e. The van der Waals surface area contributed by atoms with Crippen molar-refractivity contribution in [1.82, 2.24) is 9.78 Å². The molecule has 0 N–H and O–H groups in total. The molecule has 0 spiro atoms. The number of alkyl halides is 1. The molecule has 0 radical (unpaired) electrons. The van der Waals surface area contributed by atoms with Crippen LogP contribution < -0.4 is 4.31 Å². The van der Waals surface area contributed by atoms with Gasteiger partial charge in [-0.25, -0.2) is 8.42 Å². The number of anilines is 1. The molecule has 0 fully saturated rings. The van der Waals surface area contributed by atoms with Crippen LogP contribution >= 0.6 is 11.6 Å². The van der Waals surface area contributed by atoms with Crippen LogP contribution in [0.15, 0.2) is 41.6 Å². The molecule has 2 aromatic rings. The van der Waals surface area contributed by atoms with Crippen LogP contribution in [-0.4, -0.2) is 31.1 Å². The molecule has 20 heavy (non-hydrogen) atoms. The van der Waals surface area contributed by atoms with Crippen LogP contribution in [0.5, 0.6) is 0 Å². The quantitative estimate of drug-likeness (QED) is 0.796. The topological polar surface area (TPSA) is 55.2 Å². The number of aromatic nitrogens is 2.